The molecule has 0 aromatic carbocycles. The fourth-order valence-electron chi connectivity index (χ4n) is 6.70. The monoisotopic (exact) mass is 316 g/mol. The minimum Gasteiger partial charge on any atom is -0.347 e. The van der Waals surface area contributed by atoms with Crippen molar-refractivity contribution in [1.29, 1.82) is 0 Å². The number of fused-ring (bicyclic) bond motifs is 4. The number of Topliss-reactive ketones (excluding diaryl/α,β-unsaturated/α-hetero) is 1. The molecule has 1 aliphatic heterocycles. The van der Waals surface area contributed by atoms with Crippen molar-refractivity contribution in [3.8, 4) is 0 Å². The normalized spacial score (nSPS) is 45.1. The van der Waals surface area contributed by atoms with Gasteiger partial charge >= 0.3 is 0 Å². The molecule has 0 bridgehead atoms. The number of carbonyl (C=O) groups is 1. The number of hydrogen-bond donors (Lipinski definition) is 0. The molecule has 0 radical (unpaired) electrons. The zero-order valence-corrected chi connectivity index (χ0v) is 14.2. The first-order valence-electron chi connectivity index (χ1n) is 9.63. The van der Waals surface area contributed by atoms with Crippen LogP contribution >= 0.6 is 0 Å². The van der Waals surface area contributed by atoms with Gasteiger partial charge < -0.3 is 9.47 Å². The summed E-state index contributed by atoms with van der Waals surface area (Å²) in [4.78, 5) is 12.4. The molecule has 4 unspecified atom stereocenters. The highest BCUT2D eigenvalue weighted by Crippen LogP contribution is 2.60. The van der Waals surface area contributed by atoms with E-state index in [1.54, 1.807) is 11.1 Å². The molecule has 3 heteroatoms. The average molecular weight is 316 g/mol. The third-order valence-electron chi connectivity index (χ3n) is 7.90. The zero-order valence-electron chi connectivity index (χ0n) is 14.2. The minimum atomic E-state index is -0.280. The molecule has 3 fully saturated rings. The number of ether oxygens (including phenoxy) is 2. The van der Waals surface area contributed by atoms with E-state index in [1.807, 2.05) is 0 Å². The summed E-state index contributed by atoms with van der Waals surface area (Å²) in [5.74, 6) is 2.44. The van der Waals surface area contributed by atoms with Crippen LogP contribution in [0.15, 0.2) is 11.1 Å². The van der Waals surface area contributed by atoms with Gasteiger partial charge in [-0.2, -0.15) is 0 Å². The van der Waals surface area contributed by atoms with Crippen molar-refractivity contribution in [1.82, 2.24) is 0 Å². The Morgan fingerprint density at radius 2 is 1.83 bits per heavy atom. The van der Waals surface area contributed by atoms with Crippen molar-refractivity contribution in [3.63, 3.8) is 0 Å². The van der Waals surface area contributed by atoms with Crippen LogP contribution in [0.3, 0.4) is 0 Å². The van der Waals surface area contributed by atoms with Gasteiger partial charge in [0, 0.05) is 24.7 Å². The Hall–Kier alpha value is -0.670. The average Bonchev–Trinajstić information content (AvgIpc) is 3.12. The van der Waals surface area contributed by atoms with E-state index in [2.05, 4.69) is 6.92 Å². The first-order valence-corrected chi connectivity index (χ1v) is 9.63. The van der Waals surface area contributed by atoms with Gasteiger partial charge in [-0.3, -0.25) is 4.79 Å². The van der Waals surface area contributed by atoms with Gasteiger partial charge in [0.2, 0.25) is 0 Å². The fourth-order valence-corrected chi connectivity index (χ4v) is 6.70. The minimum absolute atomic E-state index is 0.00674. The van der Waals surface area contributed by atoms with Gasteiger partial charge in [-0.15, -0.1) is 0 Å². The molecule has 0 amide bonds. The van der Waals surface area contributed by atoms with Crippen molar-refractivity contribution < 1.29 is 14.3 Å². The fraction of sp³-hybridized carbons (Fsp3) is 0.850. The molecule has 0 N–H and O–H groups in total. The van der Waals surface area contributed by atoms with E-state index in [0.29, 0.717) is 11.7 Å². The second kappa shape index (κ2) is 4.92. The molecule has 1 spiro atoms. The maximum absolute atomic E-state index is 12.4. The van der Waals surface area contributed by atoms with Gasteiger partial charge in [0.25, 0.3) is 0 Å². The predicted molar refractivity (Wildman–Crippen MR) is 86.8 cm³/mol. The lowest BCUT2D eigenvalue weighted by atomic mass is 9.54. The number of carbonyl (C=O) groups excluding carboxylic acids is 1. The number of hydrogen-bond acceptors (Lipinski definition) is 3. The van der Waals surface area contributed by atoms with Crippen LogP contribution in [-0.2, 0) is 14.3 Å². The largest absolute Gasteiger partial charge is 0.347 e. The molecule has 4 atom stereocenters. The van der Waals surface area contributed by atoms with Gasteiger partial charge in [0.05, 0.1) is 13.2 Å². The summed E-state index contributed by atoms with van der Waals surface area (Å²) >= 11 is 0. The molecule has 4 aliphatic carbocycles. The molecule has 3 nitrogen and oxygen atoms in total. The Kier molecular flexibility index (Phi) is 3.13. The summed E-state index contributed by atoms with van der Waals surface area (Å²) in [5, 5.41) is 0. The first kappa shape index (κ1) is 14.7. The summed E-state index contributed by atoms with van der Waals surface area (Å²) in [7, 11) is 0. The van der Waals surface area contributed by atoms with E-state index in [4.69, 9.17) is 9.47 Å². The smallest absolute Gasteiger partial charge is 0.172 e. The third-order valence-corrected chi connectivity index (χ3v) is 7.90. The second-order valence-electron chi connectivity index (χ2n) is 8.75. The van der Waals surface area contributed by atoms with Gasteiger partial charge in [0.15, 0.2) is 5.79 Å². The Labute approximate surface area is 138 Å². The standard InChI is InChI=1S/C20H28O3/c1-19-8-6-15-14-7-9-20(22-10-11-23-20)12-13(14)2-3-16(15)17(19)4-5-18(19)21/h15-17H,2-12H2,1H3. The lowest BCUT2D eigenvalue weighted by molar-refractivity contribution is -0.165. The van der Waals surface area contributed by atoms with Crippen LogP contribution < -0.4 is 0 Å². The third kappa shape index (κ3) is 1.99. The molecule has 23 heavy (non-hydrogen) atoms. The Bertz CT molecular complexity index is 571. The van der Waals surface area contributed by atoms with Gasteiger partial charge in [0.1, 0.15) is 5.78 Å². The molecular formula is C20H28O3. The van der Waals surface area contributed by atoms with Gasteiger partial charge in [-0.1, -0.05) is 18.1 Å². The Balaban J connectivity index is 1.43. The predicted octanol–water partition coefficient (Wildman–Crippen LogP) is 4.02. The molecule has 5 rings (SSSR count). The lowest BCUT2D eigenvalue weighted by Crippen LogP contribution is -2.45. The highest BCUT2D eigenvalue weighted by molar-refractivity contribution is 5.87. The Morgan fingerprint density at radius 1 is 1.00 bits per heavy atom. The maximum Gasteiger partial charge on any atom is 0.172 e. The van der Waals surface area contributed by atoms with Gasteiger partial charge in [-0.05, 0) is 56.3 Å². The first-order chi connectivity index (χ1) is 11.1. The summed E-state index contributed by atoms with van der Waals surface area (Å²) in [5.41, 5.74) is 3.40. The van der Waals surface area contributed by atoms with Crippen LogP contribution in [0, 0.1) is 23.2 Å². The molecule has 0 aromatic heterocycles. The van der Waals surface area contributed by atoms with Crippen LogP contribution in [0.1, 0.15) is 64.7 Å². The summed E-state index contributed by atoms with van der Waals surface area (Å²) in [6, 6.07) is 0. The van der Waals surface area contributed by atoms with E-state index in [0.717, 1.165) is 63.6 Å². The van der Waals surface area contributed by atoms with Crippen molar-refractivity contribution in [3.05, 3.63) is 11.1 Å². The van der Waals surface area contributed by atoms with Crippen LogP contribution in [0.5, 0.6) is 0 Å². The zero-order chi connectivity index (χ0) is 15.7. The lowest BCUT2D eigenvalue weighted by Gasteiger charge is -2.51. The second-order valence-corrected chi connectivity index (χ2v) is 8.75. The van der Waals surface area contributed by atoms with Crippen molar-refractivity contribution >= 4 is 5.78 Å². The van der Waals surface area contributed by atoms with Crippen LogP contribution in [0.25, 0.3) is 0 Å². The number of allylic oxidation sites excluding steroid dienone is 1. The van der Waals surface area contributed by atoms with Crippen LogP contribution in [0.4, 0.5) is 0 Å². The van der Waals surface area contributed by atoms with E-state index in [9.17, 15) is 4.79 Å². The molecule has 0 aromatic rings. The Morgan fingerprint density at radius 3 is 2.65 bits per heavy atom. The summed E-state index contributed by atoms with van der Waals surface area (Å²) in [6.45, 7) is 3.79. The molecular weight excluding hydrogens is 288 g/mol. The molecule has 1 heterocycles. The van der Waals surface area contributed by atoms with Crippen molar-refractivity contribution in [2.24, 2.45) is 23.2 Å². The SMILES string of the molecule is CC12CCC3C4=C(CCC3C1CCC2=O)CC1(CC4)OCCO1. The maximum atomic E-state index is 12.4. The number of ketones is 1. The summed E-state index contributed by atoms with van der Waals surface area (Å²) in [6.07, 6.45) is 10.0. The summed E-state index contributed by atoms with van der Waals surface area (Å²) < 4.78 is 11.9. The van der Waals surface area contributed by atoms with Crippen molar-refractivity contribution in [2.75, 3.05) is 13.2 Å². The van der Waals surface area contributed by atoms with Crippen LogP contribution in [0.2, 0.25) is 0 Å². The van der Waals surface area contributed by atoms with Crippen LogP contribution in [-0.4, -0.2) is 24.8 Å². The molecule has 126 valence electrons. The van der Waals surface area contributed by atoms with E-state index >= 15 is 0 Å². The van der Waals surface area contributed by atoms with E-state index in [1.165, 1.54) is 19.3 Å². The number of rotatable bonds is 0. The van der Waals surface area contributed by atoms with E-state index < -0.39 is 0 Å². The quantitative estimate of drug-likeness (QED) is 0.633. The highest BCUT2D eigenvalue weighted by atomic mass is 16.7. The van der Waals surface area contributed by atoms with Crippen molar-refractivity contribution in [2.45, 2.75) is 70.5 Å². The molecule has 2 saturated carbocycles. The topological polar surface area (TPSA) is 35.5 Å². The van der Waals surface area contributed by atoms with Gasteiger partial charge in [-0.25, -0.2) is 0 Å². The molecule has 5 aliphatic rings. The highest BCUT2D eigenvalue weighted by Gasteiger charge is 2.55. The van der Waals surface area contributed by atoms with E-state index in [-0.39, 0.29) is 11.2 Å². The molecule has 1 saturated heterocycles.